The molecule has 0 aliphatic heterocycles. The summed E-state index contributed by atoms with van der Waals surface area (Å²) in [5.41, 5.74) is 1.40. The highest BCUT2D eigenvalue weighted by Crippen LogP contribution is 2.28. The van der Waals surface area contributed by atoms with Crippen LogP contribution in [0.2, 0.25) is 0 Å². The minimum Gasteiger partial charge on any atom is -0.352 e. The van der Waals surface area contributed by atoms with E-state index in [1.807, 2.05) is 51.1 Å². The topological polar surface area (TPSA) is 86.8 Å². The van der Waals surface area contributed by atoms with Gasteiger partial charge in [-0.05, 0) is 59.8 Å². The molecule has 2 aromatic rings. The van der Waals surface area contributed by atoms with E-state index in [0.29, 0.717) is 29.5 Å². The van der Waals surface area contributed by atoms with Crippen molar-refractivity contribution in [3.05, 3.63) is 64.6 Å². The number of sulfonamides is 1. The van der Waals surface area contributed by atoms with Gasteiger partial charge in [0.1, 0.15) is 12.6 Å². The largest absolute Gasteiger partial charge is 0.352 e. The zero-order chi connectivity index (χ0) is 25.3. The highest BCUT2D eigenvalue weighted by molar-refractivity contribution is 9.10. The van der Waals surface area contributed by atoms with Gasteiger partial charge in [0.15, 0.2) is 0 Å². The summed E-state index contributed by atoms with van der Waals surface area (Å²) in [6, 6.07) is 15.8. The summed E-state index contributed by atoms with van der Waals surface area (Å²) in [5, 5.41) is 2.97. The van der Waals surface area contributed by atoms with Crippen LogP contribution < -0.4 is 9.62 Å². The van der Waals surface area contributed by atoms with Crippen molar-refractivity contribution in [2.45, 2.75) is 52.1 Å². The fraction of sp³-hybridized carbons (Fsp3) is 0.440. The lowest BCUT2D eigenvalue weighted by molar-refractivity contribution is -0.139. The zero-order valence-electron chi connectivity index (χ0n) is 20.2. The molecule has 0 heterocycles. The van der Waals surface area contributed by atoms with Crippen LogP contribution in [0, 0.1) is 0 Å². The van der Waals surface area contributed by atoms with Gasteiger partial charge in [-0.25, -0.2) is 8.42 Å². The fourth-order valence-electron chi connectivity index (χ4n) is 3.59. The normalized spacial score (nSPS) is 13.1. The Bertz CT molecular complexity index is 1060. The van der Waals surface area contributed by atoms with Crippen molar-refractivity contribution in [1.29, 1.82) is 0 Å². The number of para-hydroxylation sites is 1. The van der Waals surface area contributed by atoms with E-state index >= 15 is 0 Å². The lowest BCUT2D eigenvalue weighted by Crippen LogP contribution is -2.54. The van der Waals surface area contributed by atoms with Crippen LogP contribution in [0.1, 0.15) is 39.2 Å². The second-order valence-electron chi connectivity index (χ2n) is 8.29. The predicted molar refractivity (Wildman–Crippen MR) is 140 cm³/mol. The smallest absolute Gasteiger partial charge is 0.244 e. The van der Waals surface area contributed by atoms with Gasteiger partial charge >= 0.3 is 0 Å². The number of amides is 2. The maximum Gasteiger partial charge on any atom is 0.244 e. The molecule has 0 spiro atoms. The zero-order valence-corrected chi connectivity index (χ0v) is 22.6. The summed E-state index contributed by atoms with van der Waals surface area (Å²) in [4.78, 5) is 28.2. The highest BCUT2D eigenvalue weighted by Gasteiger charge is 2.32. The van der Waals surface area contributed by atoms with Crippen molar-refractivity contribution in [3.8, 4) is 0 Å². The Kier molecular flexibility index (Phi) is 10.6. The molecule has 2 atom stereocenters. The lowest BCUT2D eigenvalue weighted by atomic mass is 10.1. The van der Waals surface area contributed by atoms with Crippen LogP contribution in [0.3, 0.4) is 0 Å². The Morgan fingerprint density at radius 1 is 1.00 bits per heavy atom. The Morgan fingerprint density at radius 3 is 2.18 bits per heavy atom. The summed E-state index contributed by atoms with van der Waals surface area (Å²) in [6.07, 6.45) is 2.80. The first-order valence-electron chi connectivity index (χ1n) is 11.4. The molecule has 0 unspecified atom stereocenters. The molecule has 9 heteroatoms. The number of nitrogens with zero attached hydrogens (tertiary/aromatic N) is 2. The molecule has 186 valence electrons. The van der Waals surface area contributed by atoms with Crippen LogP contribution in [-0.4, -0.2) is 56.6 Å². The quantitative estimate of drug-likeness (QED) is 0.432. The van der Waals surface area contributed by atoms with Crippen LogP contribution in [0.15, 0.2) is 59.1 Å². The van der Waals surface area contributed by atoms with Gasteiger partial charge in [-0.2, -0.15) is 0 Å². The Labute approximate surface area is 211 Å². The summed E-state index contributed by atoms with van der Waals surface area (Å²) < 4.78 is 26.9. The molecule has 0 aliphatic rings. The Hall–Kier alpha value is -2.39. The van der Waals surface area contributed by atoms with E-state index in [9.17, 15) is 18.0 Å². The molecular formula is C25H34BrN3O4S. The van der Waals surface area contributed by atoms with E-state index in [2.05, 4.69) is 21.2 Å². The molecule has 0 fully saturated rings. The molecule has 0 saturated heterocycles. The van der Waals surface area contributed by atoms with E-state index in [-0.39, 0.29) is 11.9 Å². The summed E-state index contributed by atoms with van der Waals surface area (Å²) in [7, 11) is -3.76. The fourth-order valence-corrected chi connectivity index (χ4v) is 5.06. The first-order valence-corrected chi connectivity index (χ1v) is 14.1. The van der Waals surface area contributed by atoms with Gasteiger partial charge in [0, 0.05) is 17.1 Å². The second kappa shape index (κ2) is 12.9. The first-order chi connectivity index (χ1) is 16.1. The average molecular weight is 553 g/mol. The van der Waals surface area contributed by atoms with Gasteiger partial charge in [-0.3, -0.25) is 13.9 Å². The van der Waals surface area contributed by atoms with Gasteiger partial charge < -0.3 is 10.2 Å². The number of hydrogen-bond acceptors (Lipinski definition) is 4. The maximum absolute atomic E-state index is 13.6. The second-order valence-corrected chi connectivity index (χ2v) is 11.0. The molecule has 0 bridgehead atoms. The molecular weight excluding hydrogens is 518 g/mol. The molecule has 2 aromatic carbocycles. The minimum absolute atomic E-state index is 0.0274. The van der Waals surface area contributed by atoms with E-state index in [0.717, 1.165) is 22.5 Å². The molecule has 2 rings (SSSR count). The number of benzene rings is 2. The van der Waals surface area contributed by atoms with Gasteiger partial charge in [-0.1, -0.05) is 56.3 Å². The van der Waals surface area contributed by atoms with Crippen molar-refractivity contribution in [3.63, 3.8) is 0 Å². The standard InChI is InChI=1S/C25H34BrN3O4S/c1-5-19(3)27-25(31)22(6-2)28(17-16-20-12-8-7-9-13-20)24(30)18-29(34(4,32)33)23-15-11-10-14-21(23)26/h7-15,19,22H,5-6,16-18H2,1-4H3,(H,27,31)/t19-,22-/m1/s1. The molecule has 0 saturated carbocycles. The molecule has 1 N–H and O–H groups in total. The molecule has 0 radical (unpaired) electrons. The predicted octanol–water partition coefficient (Wildman–Crippen LogP) is 3.98. The van der Waals surface area contributed by atoms with Crippen molar-refractivity contribution in [1.82, 2.24) is 10.2 Å². The third-order valence-corrected chi connectivity index (χ3v) is 7.47. The van der Waals surface area contributed by atoms with E-state index in [4.69, 9.17) is 0 Å². The number of carbonyl (C=O) groups is 2. The van der Waals surface area contributed by atoms with Gasteiger partial charge in [0.05, 0.1) is 11.9 Å². The SMILES string of the molecule is CC[C@@H](C)NC(=O)[C@@H](CC)N(CCc1ccccc1)C(=O)CN(c1ccccc1Br)S(C)(=O)=O. The van der Waals surface area contributed by atoms with Crippen LogP contribution in [0.25, 0.3) is 0 Å². The van der Waals surface area contributed by atoms with Crippen molar-refractivity contribution >= 4 is 43.5 Å². The Balaban J connectivity index is 2.37. The number of halogens is 1. The molecule has 34 heavy (non-hydrogen) atoms. The first kappa shape index (κ1) is 27.9. The maximum atomic E-state index is 13.6. The van der Waals surface area contributed by atoms with Gasteiger partial charge in [0.25, 0.3) is 0 Å². The number of rotatable bonds is 12. The monoisotopic (exact) mass is 551 g/mol. The van der Waals surface area contributed by atoms with Crippen LogP contribution >= 0.6 is 15.9 Å². The Morgan fingerprint density at radius 2 is 1.62 bits per heavy atom. The van der Waals surface area contributed by atoms with Crippen LogP contribution in [0.4, 0.5) is 5.69 Å². The van der Waals surface area contributed by atoms with Crippen molar-refractivity contribution < 1.29 is 18.0 Å². The summed E-state index contributed by atoms with van der Waals surface area (Å²) >= 11 is 3.38. The van der Waals surface area contributed by atoms with Crippen molar-refractivity contribution in [2.24, 2.45) is 0 Å². The highest BCUT2D eigenvalue weighted by atomic mass is 79.9. The van der Waals surface area contributed by atoms with Crippen LogP contribution in [-0.2, 0) is 26.0 Å². The number of hydrogen-bond donors (Lipinski definition) is 1. The van der Waals surface area contributed by atoms with E-state index < -0.39 is 28.5 Å². The van der Waals surface area contributed by atoms with Crippen LogP contribution in [0.5, 0.6) is 0 Å². The molecule has 7 nitrogen and oxygen atoms in total. The third-order valence-electron chi connectivity index (χ3n) is 5.67. The minimum atomic E-state index is -3.76. The number of nitrogens with one attached hydrogen (secondary N) is 1. The summed E-state index contributed by atoms with van der Waals surface area (Å²) in [5.74, 6) is -0.659. The summed E-state index contributed by atoms with van der Waals surface area (Å²) in [6.45, 7) is 5.64. The van der Waals surface area contributed by atoms with Gasteiger partial charge in [-0.15, -0.1) is 0 Å². The van der Waals surface area contributed by atoms with Gasteiger partial charge in [0.2, 0.25) is 21.8 Å². The van der Waals surface area contributed by atoms with E-state index in [1.54, 1.807) is 24.3 Å². The van der Waals surface area contributed by atoms with Crippen molar-refractivity contribution in [2.75, 3.05) is 23.7 Å². The van der Waals surface area contributed by atoms with E-state index in [1.165, 1.54) is 4.90 Å². The average Bonchev–Trinajstić information content (AvgIpc) is 2.80. The number of anilines is 1. The molecule has 2 amide bonds. The number of carbonyl (C=O) groups excluding carboxylic acids is 2. The lowest BCUT2D eigenvalue weighted by Gasteiger charge is -2.33. The molecule has 0 aliphatic carbocycles. The third kappa shape index (κ3) is 7.84. The molecule has 0 aromatic heterocycles.